The van der Waals surface area contributed by atoms with E-state index in [-0.39, 0.29) is 35.6 Å². The molecule has 0 bridgehead atoms. The molecular formula is C32H31F3N2O4. The van der Waals surface area contributed by atoms with Crippen molar-refractivity contribution in [1.82, 2.24) is 4.98 Å². The molecule has 4 aromatic carbocycles. The van der Waals surface area contributed by atoms with Gasteiger partial charge in [-0.2, -0.15) is 13.2 Å². The van der Waals surface area contributed by atoms with E-state index in [0.29, 0.717) is 10.8 Å². The van der Waals surface area contributed by atoms with Crippen LogP contribution in [0.4, 0.5) is 18.9 Å². The first kappa shape index (κ1) is 29.5. The fraction of sp³-hybridized carbons (Fsp3) is 0.250. The zero-order valence-electron chi connectivity index (χ0n) is 23.2. The molecule has 41 heavy (non-hydrogen) atoms. The number of hydrogen-bond acceptors (Lipinski definition) is 4. The van der Waals surface area contributed by atoms with Crippen molar-refractivity contribution in [3.8, 4) is 11.5 Å². The highest BCUT2D eigenvalue weighted by Crippen LogP contribution is 2.37. The summed E-state index contributed by atoms with van der Waals surface area (Å²) in [5.41, 5.74) is 2.56. The Kier molecular flexibility index (Phi) is 8.86. The van der Waals surface area contributed by atoms with Crippen LogP contribution in [-0.2, 0) is 22.4 Å². The van der Waals surface area contributed by atoms with E-state index >= 15 is 0 Å². The number of alkyl halides is 3. The first-order chi connectivity index (χ1) is 19.6. The molecule has 0 radical (unpaired) electrons. The smallest absolute Gasteiger partial charge is 0.471 e. The lowest BCUT2D eigenvalue weighted by Gasteiger charge is -2.18. The van der Waals surface area contributed by atoms with Gasteiger partial charge in [-0.05, 0) is 35.4 Å². The molecule has 0 fully saturated rings. The van der Waals surface area contributed by atoms with E-state index in [2.05, 4.69) is 42.2 Å². The summed E-state index contributed by atoms with van der Waals surface area (Å²) >= 11 is 0. The van der Waals surface area contributed by atoms with E-state index in [1.54, 1.807) is 38.3 Å². The molecule has 2 N–H and O–H groups in total. The van der Waals surface area contributed by atoms with Crippen LogP contribution in [0.25, 0.3) is 32.4 Å². The molecule has 1 amide bonds. The molecule has 0 aliphatic heterocycles. The van der Waals surface area contributed by atoms with Gasteiger partial charge in [0, 0.05) is 51.5 Å². The SMILES string of the molecule is CCC(=O)Cc1c(NC(=O)C(F)(F)F)cc2ccccc2c1OC.CCc1cc2c(OC)c3ccccc3cc2[nH]1. The molecule has 9 heteroatoms. The Balaban J connectivity index is 0.000000199. The third-order valence-electron chi connectivity index (χ3n) is 6.82. The fourth-order valence-electron chi connectivity index (χ4n) is 4.76. The number of fused-ring (bicyclic) bond motifs is 3. The number of methoxy groups -OCH3 is 2. The molecular weight excluding hydrogens is 533 g/mol. The summed E-state index contributed by atoms with van der Waals surface area (Å²) in [6.45, 7) is 3.81. The molecule has 6 nitrogen and oxygen atoms in total. The Bertz CT molecular complexity index is 1720. The molecule has 1 aromatic heterocycles. The van der Waals surface area contributed by atoms with Crippen molar-refractivity contribution in [3.05, 3.63) is 78.0 Å². The minimum Gasteiger partial charge on any atom is -0.496 e. The van der Waals surface area contributed by atoms with E-state index < -0.39 is 12.1 Å². The number of aryl methyl sites for hydroxylation is 1. The Hall–Kier alpha value is -4.53. The van der Waals surface area contributed by atoms with Crippen molar-refractivity contribution in [2.45, 2.75) is 39.3 Å². The zero-order chi connectivity index (χ0) is 29.7. The van der Waals surface area contributed by atoms with Crippen LogP contribution >= 0.6 is 0 Å². The van der Waals surface area contributed by atoms with Crippen LogP contribution in [0.1, 0.15) is 31.5 Å². The summed E-state index contributed by atoms with van der Waals surface area (Å²) < 4.78 is 48.6. The minimum atomic E-state index is -5.02. The summed E-state index contributed by atoms with van der Waals surface area (Å²) in [5, 5.41) is 6.65. The topological polar surface area (TPSA) is 80.4 Å². The molecule has 5 rings (SSSR count). The van der Waals surface area contributed by atoms with Crippen LogP contribution in [0.5, 0.6) is 11.5 Å². The van der Waals surface area contributed by atoms with Gasteiger partial charge in [0.1, 0.15) is 17.3 Å². The first-order valence-corrected chi connectivity index (χ1v) is 13.2. The average molecular weight is 565 g/mol. The summed E-state index contributed by atoms with van der Waals surface area (Å²) in [6.07, 6.45) is -3.92. The quantitative estimate of drug-likeness (QED) is 0.212. The molecule has 1 heterocycles. The van der Waals surface area contributed by atoms with Crippen LogP contribution in [0.15, 0.2) is 66.7 Å². The van der Waals surface area contributed by atoms with Gasteiger partial charge in [0.2, 0.25) is 0 Å². The standard InChI is InChI=1S/C17H16F3NO3.C15H15NO/c1-3-11(22)9-13-14(21-16(23)17(18,19)20)8-10-6-4-5-7-12(10)15(13)24-2;1-3-11-9-13-14(16-11)8-10-6-4-5-7-12(10)15(13)17-2/h4-8H,3,9H2,1-2H3,(H,21,23);4-9,16H,3H2,1-2H3. The van der Waals surface area contributed by atoms with E-state index in [9.17, 15) is 22.8 Å². The molecule has 0 unspecified atom stereocenters. The number of carbonyl (C=O) groups excluding carboxylic acids is 2. The van der Waals surface area contributed by atoms with E-state index in [1.807, 2.05) is 11.4 Å². The average Bonchev–Trinajstić information content (AvgIpc) is 3.38. The second kappa shape index (κ2) is 12.3. The monoisotopic (exact) mass is 564 g/mol. The number of hydrogen-bond donors (Lipinski definition) is 2. The van der Waals surface area contributed by atoms with Gasteiger partial charge in [-0.15, -0.1) is 0 Å². The van der Waals surface area contributed by atoms with Gasteiger partial charge in [0.25, 0.3) is 0 Å². The highest BCUT2D eigenvalue weighted by molar-refractivity contribution is 6.05. The van der Waals surface area contributed by atoms with Gasteiger partial charge in [-0.1, -0.05) is 62.4 Å². The van der Waals surface area contributed by atoms with Gasteiger partial charge >= 0.3 is 12.1 Å². The van der Waals surface area contributed by atoms with Gasteiger partial charge in [-0.3, -0.25) is 9.59 Å². The van der Waals surface area contributed by atoms with E-state index in [0.717, 1.165) is 17.7 Å². The number of aromatic nitrogens is 1. The van der Waals surface area contributed by atoms with Gasteiger partial charge in [0.05, 0.1) is 14.2 Å². The van der Waals surface area contributed by atoms with Gasteiger partial charge < -0.3 is 19.8 Å². The molecule has 0 saturated carbocycles. The molecule has 0 aliphatic rings. The summed E-state index contributed by atoms with van der Waals surface area (Å²) in [7, 11) is 3.11. The van der Waals surface area contributed by atoms with Gasteiger partial charge in [0.15, 0.2) is 0 Å². The molecule has 214 valence electrons. The Morgan fingerprint density at radius 2 is 1.41 bits per heavy atom. The highest BCUT2D eigenvalue weighted by atomic mass is 19.4. The van der Waals surface area contributed by atoms with Crippen molar-refractivity contribution >= 4 is 49.8 Å². The summed E-state index contributed by atoms with van der Waals surface area (Å²) in [6, 6.07) is 21.0. The number of Topliss-reactive ketones (excluding diaryl/α,β-unsaturated/α-hetero) is 1. The molecule has 0 saturated heterocycles. The third kappa shape index (κ3) is 6.29. The van der Waals surface area contributed by atoms with Crippen molar-refractivity contribution in [2.24, 2.45) is 0 Å². The number of carbonyl (C=O) groups is 2. The molecule has 0 spiro atoms. The van der Waals surface area contributed by atoms with Crippen molar-refractivity contribution in [2.75, 3.05) is 19.5 Å². The second-order valence-electron chi connectivity index (χ2n) is 9.42. The van der Waals surface area contributed by atoms with Crippen LogP contribution in [0.3, 0.4) is 0 Å². The highest BCUT2D eigenvalue weighted by Gasteiger charge is 2.39. The van der Waals surface area contributed by atoms with Crippen LogP contribution < -0.4 is 14.8 Å². The zero-order valence-corrected chi connectivity index (χ0v) is 23.2. The lowest BCUT2D eigenvalue weighted by Crippen LogP contribution is -2.30. The lowest BCUT2D eigenvalue weighted by molar-refractivity contribution is -0.167. The van der Waals surface area contributed by atoms with Crippen molar-refractivity contribution < 1.29 is 32.2 Å². The number of aromatic amines is 1. The predicted molar refractivity (Wildman–Crippen MR) is 156 cm³/mol. The Morgan fingerprint density at radius 3 is 1.98 bits per heavy atom. The first-order valence-electron chi connectivity index (χ1n) is 13.2. The summed E-state index contributed by atoms with van der Waals surface area (Å²) in [5.74, 6) is -1.02. The molecule has 5 aromatic rings. The van der Waals surface area contributed by atoms with Crippen molar-refractivity contribution in [1.29, 1.82) is 0 Å². The number of H-pyrrole nitrogens is 1. The minimum absolute atomic E-state index is 0.0744. The maximum atomic E-state index is 12.6. The van der Waals surface area contributed by atoms with E-state index in [4.69, 9.17) is 9.47 Å². The number of halogens is 3. The second-order valence-corrected chi connectivity index (χ2v) is 9.42. The molecule has 0 aliphatic carbocycles. The van der Waals surface area contributed by atoms with E-state index in [1.165, 1.54) is 35.0 Å². The lowest BCUT2D eigenvalue weighted by atomic mass is 9.98. The Morgan fingerprint density at radius 1 is 0.829 bits per heavy atom. The number of ether oxygens (including phenoxy) is 2. The summed E-state index contributed by atoms with van der Waals surface area (Å²) in [4.78, 5) is 26.6. The number of rotatable bonds is 7. The predicted octanol–water partition coefficient (Wildman–Crippen LogP) is 7.76. The number of amides is 1. The largest absolute Gasteiger partial charge is 0.496 e. The fourth-order valence-corrected chi connectivity index (χ4v) is 4.76. The number of anilines is 1. The number of benzene rings is 4. The molecule has 0 atom stereocenters. The third-order valence-corrected chi connectivity index (χ3v) is 6.82. The maximum Gasteiger partial charge on any atom is 0.471 e. The Labute approximate surface area is 235 Å². The van der Waals surface area contributed by atoms with Crippen LogP contribution in [0, 0.1) is 0 Å². The number of nitrogens with one attached hydrogen (secondary N) is 2. The van der Waals surface area contributed by atoms with Crippen LogP contribution in [-0.4, -0.2) is 37.1 Å². The van der Waals surface area contributed by atoms with Crippen molar-refractivity contribution in [3.63, 3.8) is 0 Å². The number of ketones is 1. The normalized spacial score (nSPS) is 11.3. The van der Waals surface area contributed by atoms with Gasteiger partial charge in [-0.25, -0.2) is 0 Å². The maximum absolute atomic E-state index is 12.6. The van der Waals surface area contributed by atoms with Crippen LogP contribution in [0.2, 0.25) is 0 Å².